The van der Waals surface area contributed by atoms with E-state index in [2.05, 4.69) is 10.1 Å². The minimum atomic E-state index is -0.735. The maximum Gasteiger partial charge on any atom is 0.414 e. The highest BCUT2D eigenvalue weighted by Crippen LogP contribution is 2.07. The SMILES string of the molecule is CC(C)(C)OC(=O)NC(=O)c1ccccc1.CCOC(=O)CN. The second-order valence-corrected chi connectivity index (χ2v) is 5.33. The molecule has 1 aromatic rings. The molecule has 0 aliphatic heterocycles. The van der Waals surface area contributed by atoms with Gasteiger partial charge in [0.25, 0.3) is 5.91 Å². The maximum absolute atomic E-state index is 11.5. The van der Waals surface area contributed by atoms with Gasteiger partial charge in [-0.2, -0.15) is 0 Å². The second-order valence-electron chi connectivity index (χ2n) is 5.33. The molecule has 128 valence electrons. The summed E-state index contributed by atoms with van der Waals surface area (Å²) >= 11 is 0. The first-order valence-electron chi connectivity index (χ1n) is 7.14. The lowest BCUT2D eigenvalue weighted by Gasteiger charge is -2.19. The fraction of sp³-hybridized carbons (Fsp3) is 0.438. The molecule has 0 saturated carbocycles. The number of benzene rings is 1. The van der Waals surface area contributed by atoms with E-state index in [0.717, 1.165) is 0 Å². The van der Waals surface area contributed by atoms with Gasteiger partial charge < -0.3 is 15.2 Å². The van der Waals surface area contributed by atoms with Gasteiger partial charge in [0.05, 0.1) is 13.2 Å². The molecular formula is C16H24N2O5. The molecule has 0 heterocycles. The summed E-state index contributed by atoms with van der Waals surface area (Å²) in [6, 6.07) is 8.50. The summed E-state index contributed by atoms with van der Waals surface area (Å²) < 4.78 is 9.39. The Kier molecular flexibility index (Phi) is 9.26. The van der Waals surface area contributed by atoms with Crippen LogP contribution in [0.1, 0.15) is 38.1 Å². The summed E-state index contributed by atoms with van der Waals surface area (Å²) in [7, 11) is 0. The van der Waals surface area contributed by atoms with Gasteiger partial charge >= 0.3 is 12.1 Å². The first-order chi connectivity index (χ1) is 10.7. The van der Waals surface area contributed by atoms with E-state index in [9.17, 15) is 14.4 Å². The molecule has 0 bridgehead atoms. The number of imide groups is 1. The number of hydrogen-bond acceptors (Lipinski definition) is 6. The molecule has 3 N–H and O–H groups in total. The average Bonchev–Trinajstić information content (AvgIpc) is 2.47. The van der Waals surface area contributed by atoms with Gasteiger partial charge in [-0.05, 0) is 39.8 Å². The lowest BCUT2D eigenvalue weighted by atomic mass is 10.2. The Bertz CT molecular complexity index is 509. The highest BCUT2D eigenvalue weighted by Gasteiger charge is 2.18. The molecule has 1 aromatic carbocycles. The lowest BCUT2D eigenvalue weighted by Crippen LogP contribution is -2.36. The van der Waals surface area contributed by atoms with Crippen molar-refractivity contribution in [2.45, 2.75) is 33.3 Å². The third-order valence-electron chi connectivity index (χ3n) is 2.12. The van der Waals surface area contributed by atoms with Gasteiger partial charge in [-0.25, -0.2) is 4.79 Å². The molecular weight excluding hydrogens is 300 g/mol. The van der Waals surface area contributed by atoms with Crippen molar-refractivity contribution in [1.82, 2.24) is 5.32 Å². The molecule has 0 radical (unpaired) electrons. The van der Waals surface area contributed by atoms with Crippen molar-refractivity contribution in [3.63, 3.8) is 0 Å². The van der Waals surface area contributed by atoms with Crippen LogP contribution in [0.4, 0.5) is 4.79 Å². The van der Waals surface area contributed by atoms with E-state index >= 15 is 0 Å². The number of esters is 1. The molecule has 7 heteroatoms. The van der Waals surface area contributed by atoms with Crippen LogP contribution in [-0.2, 0) is 14.3 Å². The number of hydrogen-bond donors (Lipinski definition) is 2. The van der Waals surface area contributed by atoms with Crippen LogP contribution in [0.3, 0.4) is 0 Å². The first-order valence-corrected chi connectivity index (χ1v) is 7.14. The van der Waals surface area contributed by atoms with Crippen LogP contribution in [0.5, 0.6) is 0 Å². The fourth-order valence-corrected chi connectivity index (χ4v) is 1.28. The minimum Gasteiger partial charge on any atom is -0.465 e. The predicted molar refractivity (Wildman–Crippen MR) is 85.8 cm³/mol. The highest BCUT2D eigenvalue weighted by atomic mass is 16.6. The summed E-state index contributed by atoms with van der Waals surface area (Å²) in [4.78, 5) is 32.9. The zero-order chi connectivity index (χ0) is 17.9. The molecule has 0 atom stereocenters. The largest absolute Gasteiger partial charge is 0.465 e. The third kappa shape index (κ3) is 10.9. The smallest absolute Gasteiger partial charge is 0.414 e. The molecule has 2 amide bonds. The van der Waals surface area contributed by atoms with Gasteiger partial charge in [0.2, 0.25) is 0 Å². The first kappa shape index (κ1) is 20.6. The van der Waals surface area contributed by atoms with E-state index in [1.54, 1.807) is 58.0 Å². The standard InChI is InChI=1S/C12H15NO3.C4H9NO2/c1-12(2,3)16-11(15)13-10(14)9-7-5-4-6-8-9;1-2-7-4(6)3-5/h4-8H,1-3H3,(H,13,14,15);2-3,5H2,1H3. The van der Waals surface area contributed by atoms with E-state index < -0.39 is 17.6 Å². The molecule has 1 rings (SSSR count). The van der Waals surface area contributed by atoms with Crippen molar-refractivity contribution in [2.75, 3.05) is 13.2 Å². The van der Waals surface area contributed by atoms with E-state index in [1.807, 2.05) is 0 Å². The average molecular weight is 324 g/mol. The van der Waals surface area contributed by atoms with Crippen molar-refractivity contribution in [2.24, 2.45) is 5.73 Å². The summed E-state index contributed by atoms with van der Waals surface area (Å²) in [5, 5.41) is 2.15. The molecule has 0 spiro atoms. The molecule has 7 nitrogen and oxygen atoms in total. The van der Waals surface area contributed by atoms with Crippen LogP contribution in [0.15, 0.2) is 30.3 Å². The van der Waals surface area contributed by atoms with E-state index in [4.69, 9.17) is 10.5 Å². The molecule has 0 unspecified atom stereocenters. The molecule has 0 fully saturated rings. The number of carbonyl (C=O) groups is 3. The zero-order valence-electron chi connectivity index (χ0n) is 13.9. The van der Waals surface area contributed by atoms with Crippen molar-refractivity contribution < 1.29 is 23.9 Å². The van der Waals surface area contributed by atoms with Gasteiger partial charge in [-0.1, -0.05) is 18.2 Å². The number of rotatable bonds is 3. The van der Waals surface area contributed by atoms with Crippen LogP contribution in [0, 0.1) is 0 Å². The molecule has 0 saturated heterocycles. The Morgan fingerprint density at radius 3 is 2.09 bits per heavy atom. The molecule has 23 heavy (non-hydrogen) atoms. The van der Waals surface area contributed by atoms with Crippen molar-refractivity contribution in [3.8, 4) is 0 Å². The number of nitrogens with one attached hydrogen (secondary N) is 1. The monoisotopic (exact) mass is 324 g/mol. The van der Waals surface area contributed by atoms with Crippen LogP contribution >= 0.6 is 0 Å². The number of nitrogens with two attached hydrogens (primary N) is 1. The van der Waals surface area contributed by atoms with E-state index in [1.165, 1.54) is 0 Å². The van der Waals surface area contributed by atoms with E-state index in [-0.39, 0.29) is 12.5 Å². The van der Waals surface area contributed by atoms with Gasteiger partial charge in [0, 0.05) is 5.56 Å². The van der Waals surface area contributed by atoms with Crippen LogP contribution in [0.2, 0.25) is 0 Å². The van der Waals surface area contributed by atoms with Crippen molar-refractivity contribution in [3.05, 3.63) is 35.9 Å². The minimum absolute atomic E-state index is 0.0200. The zero-order valence-corrected chi connectivity index (χ0v) is 13.9. The summed E-state index contributed by atoms with van der Waals surface area (Å²) in [6.07, 6.45) is -0.735. The van der Waals surface area contributed by atoms with Gasteiger partial charge in [0.15, 0.2) is 0 Å². The second kappa shape index (κ2) is 10.3. The number of carbonyl (C=O) groups excluding carboxylic acids is 3. The van der Waals surface area contributed by atoms with Gasteiger partial charge in [0.1, 0.15) is 5.60 Å². The highest BCUT2D eigenvalue weighted by molar-refractivity contribution is 6.02. The maximum atomic E-state index is 11.5. The summed E-state index contributed by atoms with van der Waals surface area (Å²) in [5.74, 6) is -0.808. The lowest BCUT2D eigenvalue weighted by molar-refractivity contribution is -0.141. The summed E-state index contributed by atoms with van der Waals surface area (Å²) in [6.45, 7) is 7.34. The van der Waals surface area contributed by atoms with Gasteiger partial charge in [-0.3, -0.25) is 14.9 Å². The third-order valence-corrected chi connectivity index (χ3v) is 2.12. The Labute approximate surface area is 136 Å². The van der Waals surface area contributed by atoms with Crippen molar-refractivity contribution in [1.29, 1.82) is 0 Å². The number of amides is 2. The number of ether oxygens (including phenoxy) is 2. The van der Waals surface area contributed by atoms with Gasteiger partial charge in [-0.15, -0.1) is 0 Å². The molecule has 0 aliphatic rings. The van der Waals surface area contributed by atoms with E-state index in [0.29, 0.717) is 12.2 Å². The molecule has 0 aliphatic carbocycles. The van der Waals surface area contributed by atoms with Crippen LogP contribution in [-0.4, -0.2) is 36.7 Å². The Morgan fingerprint density at radius 2 is 1.70 bits per heavy atom. The fourth-order valence-electron chi connectivity index (χ4n) is 1.28. The molecule has 0 aromatic heterocycles. The summed E-state index contributed by atoms with van der Waals surface area (Å²) in [5.41, 5.74) is 4.70. The quantitative estimate of drug-likeness (QED) is 0.822. The number of alkyl carbamates (subject to hydrolysis) is 1. The Hall–Kier alpha value is -2.41. The normalized spacial score (nSPS) is 9.96. The van der Waals surface area contributed by atoms with Crippen molar-refractivity contribution >= 4 is 18.0 Å². The Balaban J connectivity index is 0.000000585. The van der Waals surface area contributed by atoms with Crippen LogP contribution < -0.4 is 11.1 Å². The predicted octanol–water partition coefficient (Wildman–Crippen LogP) is 1.86. The topological polar surface area (TPSA) is 108 Å². The van der Waals surface area contributed by atoms with Crippen LogP contribution in [0.25, 0.3) is 0 Å². The Morgan fingerprint density at radius 1 is 1.13 bits per heavy atom.